The van der Waals surface area contributed by atoms with E-state index >= 15 is 0 Å². The Kier molecular flexibility index (Phi) is 2.23. The van der Waals surface area contributed by atoms with Crippen molar-refractivity contribution < 1.29 is 4.74 Å². The average Bonchev–Trinajstić information content (AvgIpc) is 2.85. The Morgan fingerprint density at radius 1 is 1.50 bits per heavy atom. The lowest BCUT2D eigenvalue weighted by molar-refractivity contribution is 0.417. The second-order valence-electron chi connectivity index (χ2n) is 3.92. The summed E-state index contributed by atoms with van der Waals surface area (Å²) in [5, 5.41) is 3.43. The molecule has 0 spiro atoms. The third-order valence-corrected chi connectivity index (χ3v) is 2.70. The van der Waals surface area contributed by atoms with Crippen LogP contribution in [0.3, 0.4) is 0 Å². The maximum atomic E-state index is 5.72. The van der Waals surface area contributed by atoms with Gasteiger partial charge >= 0.3 is 0 Å². The van der Waals surface area contributed by atoms with Crippen molar-refractivity contribution in [3.8, 4) is 5.75 Å². The molecule has 2 atom stereocenters. The predicted molar refractivity (Wildman–Crippen MR) is 58.6 cm³/mol. The number of benzene rings is 1. The first kappa shape index (κ1) is 9.19. The highest BCUT2D eigenvalue weighted by Gasteiger charge is 2.32. The van der Waals surface area contributed by atoms with Gasteiger partial charge in [0.15, 0.2) is 0 Å². The van der Waals surface area contributed by atoms with Crippen molar-refractivity contribution in [1.82, 2.24) is 0 Å². The van der Waals surface area contributed by atoms with Crippen molar-refractivity contribution in [1.29, 1.82) is 0 Å². The van der Waals surface area contributed by atoms with Crippen LogP contribution in [0.15, 0.2) is 18.2 Å². The fraction of sp³-hybridized carbons (Fsp3) is 0.455. The van der Waals surface area contributed by atoms with Crippen LogP contribution < -0.4 is 15.8 Å². The number of hydrogen-bond acceptors (Lipinski definition) is 3. The molecule has 1 aliphatic rings. The number of rotatable bonds is 3. The number of ether oxygens (including phenoxy) is 1. The molecule has 2 rings (SSSR count). The van der Waals surface area contributed by atoms with Gasteiger partial charge in [0.25, 0.3) is 0 Å². The summed E-state index contributed by atoms with van der Waals surface area (Å²) in [6.07, 6.45) is 1.26. The highest BCUT2D eigenvalue weighted by molar-refractivity contribution is 5.61. The van der Waals surface area contributed by atoms with Gasteiger partial charge in [0.1, 0.15) is 5.75 Å². The number of nitrogens with two attached hydrogens (primary N) is 1. The summed E-state index contributed by atoms with van der Waals surface area (Å²) in [5.74, 6) is 1.53. The molecule has 76 valence electrons. The second kappa shape index (κ2) is 3.40. The van der Waals surface area contributed by atoms with E-state index < -0.39 is 0 Å². The molecule has 14 heavy (non-hydrogen) atoms. The van der Waals surface area contributed by atoms with Crippen LogP contribution >= 0.6 is 0 Å². The van der Waals surface area contributed by atoms with E-state index in [1.807, 2.05) is 18.2 Å². The first-order chi connectivity index (χ1) is 6.70. The normalized spacial score (nSPS) is 24.4. The summed E-state index contributed by atoms with van der Waals surface area (Å²) in [7, 11) is 1.63. The Hall–Kier alpha value is -1.38. The van der Waals surface area contributed by atoms with E-state index in [0.29, 0.717) is 11.7 Å². The van der Waals surface area contributed by atoms with E-state index in [1.54, 1.807) is 7.11 Å². The zero-order chi connectivity index (χ0) is 10.1. The lowest BCUT2D eigenvalue weighted by Crippen LogP contribution is -2.04. The molecular formula is C11H16N2O. The van der Waals surface area contributed by atoms with Crippen LogP contribution in [-0.4, -0.2) is 13.2 Å². The van der Waals surface area contributed by atoms with Crippen molar-refractivity contribution in [3.05, 3.63) is 18.2 Å². The topological polar surface area (TPSA) is 47.3 Å². The van der Waals surface area contributed by atoms with E-state index in [4.69, 9.17) is 10.5 Å². The molecular weight excluding hydrogens is 176 g/mol. The largest absolute Gasteiger partial charge is 0.495 e. The Morgan fingerprint density at radius 2 is 2.21 bits per heavy atom. The average molecular weight is 192 g/mol. The van der Waals surface area contributed by atoms with E-state index in [2.05, 4.69) is 12.2 Å². The number of nitrogen functional groups attached to an aromatic ring is 1. The molecule has 1 saturated carbocycles. The summed E-state index contributed by atoms with van der Waals surface area (Å²) >= 11 is 0. The van der Waals surface area contributed by atoms with Crippen molar-refractivity contribution in [2.45, 2.75) is 19.4 Å². The van der Waals surface area contributed by atoms with Gasteiger partial charge in [-0.2, -0.15) is 0 Å². The van der Waals surface area contributed by atoms with Crippen LogP contribution in [0.2, 0.25) is 0 Å². The molecule has 0 heterocycles. The minimum absolute atomic E-state index is 0.628. The Bertz CT molecular complexity index is 338. The number of hydrogen-bond donors (Lipinski definition) is 2. The quantitative estimate of drug-likeness (QED) is 0.721. The molecule has 3 nitrogen and oxygen atoms in total. The van der Waals surface area contributed by atoms with Gasteiger partial charge in [-0.15, -0.1) is 0 Å². The first-order valence-electron chi connectivity index (χ1n) is 4.90. The standard InChI is InChI=1S/C11H16N2O/c1-7-5-10(7)13-8-3-4-9(12)11(6-8)14-2/h3-4,6-7,10,13H,5,12H2,1-2H3. The molecule has 0 aliphatic heterocycles. The molecule has 1 fully saturated rings. The van der Waals surface area contributed by atoms with E-state index in [9.17, 15) is 0 Å². The molecule has 1 aromatic rings. The SMILES string of the molecule is COc1cc(NC2CC2C)ccc1N. The Balaban J connectivity index is 2.10. The van der Waals surface area contributed by atoms with Crippen LogP contribution in [0.4, 0.5) is 11.4 Å². The predicted octanol–water partition coefficient (Wildman–Crippen LogP) is 2.10. The monoisotopic (exact) mass is 192 g/mol. The minimum Gasteiger partial charge on any atom is -0.495 e. The van der Waals surface area contributed by atoms with Crippen molar-refractivity contribution >= 4 is 11.4 Å². The highest BCUT2D eigenvalue weighted by Crippen LogP contribution is 2.34. The summed E-state index contributed by atoms with van der Waals surface area (Å²) in [6.45, 7) is 2.24. The summed E-state index contributed by atoms with van der Waals surface area (Å²) in [6, 6.07) is 6.43. The van der Waals surface area contributed by atoms with Gasteiger partial charge in [-0.05, 0) is 24.5 Å². The van der Waals surface area contributed by atoms with Crippen LogP contribution in [0.1, 0.15) is 13.3 Å². The molecule has 0 amide bonds. The lowest BCUT2D eigenvalue weighted by atomic mass is 10.2. The smallest absolute Gasteiger partial charge is 0.143 e. The fourth-order valence-corrected chi connectivity index (χ4v) is 1.54. The zero-order valence-electron chi connectivity index (χ0n) is 8.58. The highest BCUT2D eigenvalue weighted by atomic mass is 16.5. The maximum Gasteiger partial charge on any atom is 0.143 e. The van der Waals surface area contributed by atoms with Gasteiger partial charge < -0.3 is 15.8 Å². The second-order valence-corrected chi connectivity index (χ2v) is 3.92. The third kappa shape index (κ3) is 1.76. The molecule has 0 radical (unpaired) electrons. The molecule has 0 saturated heterocycles. The number of nitrogens with one attached hydrogen (secondary N) is 1. The molecule has 0 aromatic heterocycles. The summed E-state index contributed by atoms with van der Waals surface area (Å²) in [5.41, 5.74) is 7.49. The van der Waals surface area contributed by atoms with Crippen molar-refractivity contribution in [2.75, 3.05) is 18.2 Å². The van der Waals surface area contributed by atoms with Gasteiger partial charge in [0.05, 0.1) is 12.8 Å². The van der Waals surface area contributed by atoms with Gasteiger partial charge in [-0.3, -0.25) is 0 Å². The fourth-order valence-electron chi connectivity index (χ4n) is 1.54. The summed E-state index contributed by atoms with van der Waals surface area (Å²) < 4.78 is 5.15. The third-order valence-electron chi connectivity index (χ3n) is 2.70. The summed E-state index contributed by atoms with van der Waals surface area (Å²) in [4.78, 5) is 0. The van der Waals surface area contributed by atoms with Gasteiger partial charge in [0, 0.05) is 17.8 Å². The Labute approximate surface area is 84.3 Å². The van der Waals surface area contributed by atoms with E-state index in [0.717, 1.165) is 17.4 Å². The molecule has 1 aliphatic carbocycles. The molecule has 1 aromatic carbocycles. The van der Waals surface area contributed by atoms with Crippen LogP contribution in [0.5, 0.6) is 5.75 Å². The Morgan fingerprint density at radius 3 is 2.79 bits per heavy atom. The number of methoxy groups -OCH3 is 1. The van der Waals surface area contributed by atoms with Crippen molar-refractivity contribution in [3.63, 3.8) is 0 Å². The first-order valence-corrected chi connectivity index (χ1v) is 4.90. The molecule has 3 heteroatoms. The molecule has 3 N–H and O–H groups in total. The van der Waals surface area contributed by atoms with Gasteiger partial charge in [0.2, 0.25) is 0 Å². The zero-order valence-corrected chi connectivity index (χ0v) is 8.58. The minimum atomic E-state index is 0.628. The van der Waals surface area contributed by atoms with Crippen LogP contribution in [0.25, 0.3) is 0 Å². The molecule has 0 bridgehead atoms. The van der Waals surface area contributed by atoms with E-state index in [1.165, 1.54) is 6.42 Å². The van der Waals surface area contributed by atoms with Crippen LogP contribution in [0, 0.1) is 5.92 Å². The number of anilines is 2. The van der Waals surface area contributed by atoms with Crippen LogP contribution in [-0.2, 0) is 0 Å². The molecule has 2 unspecified atom stereocenters. The van der Waals surface area contributed by atoms with Crippen molar-refractivity contribution in [2.24, 2.45) is 5.92 Å². The van der Waals surface area contributed by atoms with Gasteiger partial charge in [-0.1, -0.05) is 6.92 Å². The van der Waals surface area contributed by atoms with Gasteiger partial charge in [-0.25, -0.2) is 0 Å². The van der Waals surface area contributed by atoms with E-state index in [-0.39, 0.29) is 0 Å². The maximum absolute atomic E-state index is 5.72. The lowest BCUT2D eigenvalue weighted by Gasteiger charge is -2.09.